The van der Waals surface area contributed by atoms with Crippen molar-refractivity contribution in [2.24, 2.45) is 0 Å². The number of hydrogen-bond donors (Lipinski definition) is 1. The lowest BCUT2D eigenvalue weighted by Gasteiger charge is -2.25. The quantitative estimate of drug-likeness (QED) is 0.470. The van der Waals surface area contributed by atoms with Crippen LogP contribution in [0.5, 0.6) is 5.75 Å². The van der Waals surface area contributed by atoms with Crippen LogP contribution in [0.2, 0.25) is 0 Å². The maximum absolute atomic E-state index is 13.2. The first kappa shape index (κ1) is 23.6. The van der Waals surface area contributed by atoms with Crippen LogP contribution in [-0.4, -0.2) is 24.0 Å². The third-order valence-electron chi connectivity index (χ3n) is 7.26. The first-order valence-electron chi connectivity index (χ1n) is 12.4. The Morgan fingerprint density at radius 3 is 2.31 bits per heavy atom. The van der Waals surface area contributed by atoms with Gasteiger partial charge in [-0.05, 0) is 74.7 Å². The molecule has 0 aromatic heterocycles. The SMILES string of the molecule is CCN1/C(=C/C=C2\CC/C(=C\C=C3\N(CC)c4ccc(O)cc4C3(C)C)C2=O)Sc2ccccc21. The third kappa shape index (κ3) is 4.02. The molecule has 0 bridgehead atoms. The molecule has 2 aromatic carbocycles. The van der Waals surface area contributed by atoms with Gasteiger partial charge in [0, 0.05) is 45.9 Å². The second kappa shape index (κ2) is 9.12. The zero-order valence-corrected chi connectivity index (χ0v) is 21.7. The first-order chi connectivity index (χ1) is 16.8. The van der Waals surface area contributed by atoms with Gasteiger partial charge in [0.05, 0.1) is 10.7 Å². The molecule has 0 spiro atoms. The van der Waals surface area contributed by atoms with Crippen LogP contribution >= 0.6 is 11.8 Å². The largest absolute Gasteiger partial charge is 0.508 e. The predicted octanol–water partition coefficient (Wildman–Crippen LogP) is 7.08. The molecule has 0 amide bonds. The Morgan fingerprint density at radius 1 is 0.914 bits per heavy atom. The third-order valence-corrected chi connectivity index (χ3v) is 8.39. The average molecular weight is 485 g/mol. The van der Waals surface area contributed by atoms with Crippen LogP contribution in [0.1, 0.15) is 46.1 Å². The highest BCUT2D eigenvalue weighted by atomic mass is 32.2. The standard InChI is InChI=1S/C30H32N2O2S/c1-5-31-24-16-15-22(33)19-23(24)30(3,4)27(31)17-13-20-11-12-21(29(20)34)14-18-28-32(6-2)25-9-7-8-10-26(25)35-28/h7-10,13-19,33H,5-6,11-12H2,1-4H3/b20-13+,21-14+,27-17+,28-18-. The number of carbonyl (C=O) groups is 1. The van der Waals surface area contributed by atoms with Gasteiger partial charge in [-0.3, -0.25) is 4.79 Å². The number of fused-ring (bicyclic) bond motifs is 2. The number of Topliss-reactive ketones (excluding diaryl/α,β-unsaturated/α-hetero) is 1. The van der Waals surface area contributed by atoms with E-state index in [1.54, 1.807) is 17.8 Å². The molecule has 1 N–H and O–H groups in total. The molecule has 5 heteroatoms. The van der Waals surface area contributed by atoms with Crippen molar-refractivity contribution in [2.75, 3.05) is 22.9 Å². The van der Waals surface area contributed by atoms with Crippen molar-refractivity contribution in [3.8, 4) is 5.75 Å². The van der Waals surface area contributed by atoms with Gasteiger partial charge in [-0.2, -0.15) is 0 Å². The van der Waals surface area contributed by atoms with E-state index in [9.17, 15) is 9.90 Å². The van der Waals surface area contributed by atoms with E-state index in [0.29, 0.717) is 0 Å². The molecule has 2 aromatic rings. The van der Waals surface area contributed by atoms with E-state index in [4.69, 9.17) is 0 Å². The normalized spacial score (nSPS) is 23.3. The fourth-order valence-electron chi connectivity index (χ4n) is 5.38. The van der Waals surface area contributed by atoms with Gasteiger partial charge in [0.15, 0.2) is 5.78 Å². The lowest BCUT2D eigenvalue weighted by atomic mass is 9.83. The van der Waals surface area contributed by atoms with Crippen LogP contribution in [0.3, 0.4) is 0 Å². The first-order valence-corrected chi connectivity index (χ1v) is 13.2. The molecule has 0 atom stereocenters. The van der Waals surface area contributed by atoms with Gasteiger partial charge in [0.1, 0.15) is 5.75 Å². The van der Waals surface area contributed by atoms with Gasteiger partial charge in [0.25, 0.3) is 0 Å². The van der Waals surface area contributed by atoms with E-state index in [2.05, 4.69) is 73.9 Å². The molecule has 0 radical (unpaired) electrons. The summed E-state index contributed by atoms with van der Waals surface area (Å²) in [6.45, 7) is 10.4. The summed E-state index contributed by atoms with van der Waals surface area (Å²) in [6.07, 6.45) is 9.78. The molecule has 1 aliphatic carbocycles. The summed E-state index contributed by atoms with van der Waals surface area (Å²) in [5.41, 5.74) is 6.13. The number of nitrogens with zero attached hydrogens (tertiary/aromatic N) is 2. The molecule has 1 fully saturated rings. The number of ketones is 1. The van der Waals surface area contributed by atoms with E-state index in [1.165, 1.54) is 15.6 Å². The van der Waals surface area contributed by atoms with Crippen LogP contribution < -0.4 is 9.80 Å². The van der Waals surface area contributed by atoms with E-state index in [1.807, 2.05) is 24.3 Å². The van der Waals surface area contributed by atoms with Gasteiger partial charge in [-0.25, -0.2) is 0 Å². The number of thioether (sulfide) groups is 1. The summed E-state index contributed by atoms with van der Waals surface area (Å²) < 4.78 is 0. The minimum absolute atomic E-state index is 0.149. The Hall–Kier alpha value is -3.18. The Morgan fingerprint density at radius 2 is 1.60 bits per heavy atom. The van der Waals surface area contributed by atoms with Crippen LogP contribution in [0.25, 0.3) is 0 Å². The zero-order chi connectivity index (χ0) is 24.7. The number of anilines is 2. The number of phenolic OH excluding ortho intramolecular Hbond substituents is 1. The summed E-state index contributed by atoms with van der Waals surface area (Å²) in [5, 5.41) is 11.2. The molecule has 0 saturated heterocycles. The highest BCUT2D eigenvalue weighted by Crippen LogP contribution is 2.49. The topological polar surface area (TPSA) is 43.8 Å². The van der Waals surface area contributed by atoms with Crippen LogP contribution in [0.4, 0.5) is 11.4 Å². The van der Waals surface area contributed by atoms with Gasteiger partial charge >= 0.3 is 0 Å². The molecule has 1 saturated carbocycles. The lowest BCUT2D eigenvalue weighted by Crippen LogP contribution is -2.25. The molecular formula is C30H32N2O2S. The maximum atomic E-state index is 13.2. The summed E-state index contributed by atoms with van der Waals surface area (Å²) in [4.78, 5) is 19.0. The van der Waals surface area contributed by atoms with Crippen molar-refractivity contribution >= 4 is 28.9 Å². The molecular weight excluding hydrogens is 452 g/mol. The monoisotopic (exact) mass is 484 g/mol. The van der Waals surface area contributed by atoms with Gasteiger partial charge in [-0.15, -0.1) is 0 Å². The van der Waals surface area contributed by atoms with Crippen molar-refractivity contribution in [1.82, 2.24) is 0 Å². The van der Waals surface area contributed by atoms with E-state index >= 15 is 0 Å². The minimum Gasteiger partial charge on any atom is -0.508 e. The second-order valence-electron chi connectivity index (χ2n) is 9.65. The number of para-hydroxylation sites is 1. The maximum Gasteiger partial charge on any atom is 0.185 e. The van der Waals surface area contributed by atoms with Crippen molar-refractivity contribution in [1.29, 1.82) is 0 Å². The molecule has 180 valence electrons. The highest BCUT2D eigenvalue weighted by molar-refractivity contribution is 8.03. The van der Waals surface area contributed by atoms with Crippen molar-refractivity contribution < 1.29 is 9.90 Å². The fourth-order valence-corrected chi connectivity index (χ4v) is 6.51. The molecule has 2 aliphatic heterocycles. The Kier molecular flexibility index (Phi) is 6.14. The van der Waals surface area contributed by atoms with Crippen LogP contribution in [0.15, 0.2) is 93.5 Å². The smallest absolute Gasteiger partial charge is 0.185 e. The number of carbonyl (C=O) groups excluding carboxylic acids is 1. The number of hydrogen-bond acceptors (Lipinski definition) is 5. The molecule has 0 unspecified atom stereocenters. The van der Waals surface area contributed by atoms with Crippen molar-refractivity contribution in [3.63, 3.8) is 0 Å². The number of allylic oxidation sites excluding steroid dienone is 7. The molecule has 35 heavy (non-hydrogen) atoms. The number of likely N-dealkylation sites (N-methyl/N-ethyl adjacent to an activating group) is 1. The molecule has 4 nitrogen and oxygen atoms in total. The van der Waals surface area contributed by atoms with E-state index in [-0.39, 0.29) is 16.9 Å². The Bertz CT molecular complexity index is 1320. The fraction of sp³-hybridized carbons (Fsp3) is 0.300. The summed E-state index contributed by atoms with van der Waals surface area (Å²) in [7, 11) is 0. The minimum atomic E-state index is -0.246. The lowest BCUT2D eigenvalue weighted by molar-refractivity contribution is -0.111. The van der Waals surface area contributed by atoms with Crippen LogP contribution in [-0.2, 0) is 10.2 Å². The van der Waals surface area contributed by atoms with E-state index < -0.39 is 0 Å². The predicted molar refractivity (Wildman–Crippen MR) is 146 cm³/mol. The van der Waals surface area contributed by atoms with Gasteiger partial charge in [0.2, 0.25) is 0 Å². The molecule has 2 heterocycles. The zero-order valence-electron chi connectivity index (χ0n) is 20.8. The van der Waals surface area contributed by atoms with Crippen molar-refractivity contribution in [2.45, 2.75) is 50.8 Å². The molecule has 5 rings (SSSR count). The number of benzene rings is 2. The second-order valence-corrected chi connectivity index (χ2v) is 10.7. The van der Waals surface area contributed by atoms with E-state index in [0.717, 1.165) is 54.0 Å². The van der Waals surface area contributed by atoms with Gasteiger partial charge in [-0.1, -0.05) is 49.9 Å². The summed E-state index contributed by atoms with van der Waals surface area (Å²) in [6, 6.07) is 14.0. The van der Waals surface area contributed by atoms with Crippen LogP contribution in [0, 0.1) is 0 Å². The van der Waals surface area contributed by atoms with Gasteiger partial charge < -0.3 is 14.9 Å². The Balaban J connectivity index is 1.39. The average Bonchev–Trinajstić information content (AvgIpc) is 3.45. The number of phenols is 1. The highest BCUT2D eigenvalue weighted by Gasteiger charge is 2.39. The number of rotatable bonds is 4. The Labute approximate surface area is 212 Å². The molecule has 3 aliphatic rings. The van der Waals surface area contributed by atoms with Crippen molar-refractivity contribution in [3.05, 3.63) is 94.2 Å². The summed E-state index contributed by atoms with van der Waals surface area (Å²) >= 11 is 1.76. The summed E-state index contributed by atoms with van der Waals surface area (Å²) in [5.74, 6) is 0.434. The number of aromatic hydroxyl groups is 1.